The first-order chi connectivity index (χ1) is 18.0. The van der Waals surface area contributed by atoms with Gasteiger partial charge >= 0.3 is 5.97 Å². The molecule has 1 aliphatic heterocycles. The predicted molar refractivity (Wildman–Crippen MR) is 149 cm³/mol. The van der Waals surface area contributed by atoms with E-state index in [4.69, 9.17) is 16.3 Å². The fourth-order valence-corrected chi connectivity index (χ4v) is 5.00. The van der Waals surface area contributed by atoms with Gasteiger partial charge in [0, 0.05) is 55.6 Å². The van der Waals surface area contributed by atoms with Gasteiger partial charge < -0.3 is 14.2 Å². The maximum Gasteiger partial charge on any atom is 0.306 e. The summed E-state index contributed by atoms with van der Waals surface area (Å²) < 4.78 is 6.93. The van der Waals surface area contributed by atoms with Crippen LogP contribution in [0, 0.1) is 5.92 Å². The number of anilines is 1. The average molecular weight is 520 g/mol. The molecule has 1 aliphatic rings. The first-order valence-corrected chi connectivity index (χ1v) is 13.3. The lowest BCUT2D eigenvalue weighted by molar-refractivity contribution is -0.144. The lowest BCUT2D eigenvalue weighted by Crippen LogP contribution is -2.34. The first kappa shape index (κ1) is 26.7. The molecule has 7 heteroatoms. The van der Waals surface area contributed by atoms with Crippen molar-refractivity contribution in [1.82, 2.24) is 9.55 Å². The molecule has 0 unspecified atom stereocenters. The third kappa shape index (κ3) is 8.32. The molecule has 3 aromatic rings. The Morgan fingerprint density at radius 3 is 2.51 bits per heavy atom. The van der Waals surface area contributed by atoms with Gasteiger partial charge in [-0.1, -0.05) is 35.9 Å². The van der Waals surface area contributed by atoms with Crippen molar-refractivity contribution in [1.29, 1.82) is 0 Å². The van der Waals surface area contributed by atoms with Crippen LogP contribution < -0.4 is 4.90 Å². The van der Waals surface area contributed by atoms with Crippen LogP contribution in [0.3, 0.4) is 0 Å². The molecular weight excluding hydrogens is 486 g/mol. The molecule has 0 atom stereocenters. The Balaban J connectivity index is 1.26. The largest absolute Gasteiger partial charge is 0.466 e. The summed E-state index contributed by atoms with van der Waals surface area (Å²) >= 11 is 6.35. The van der Waals surface area contributed by atoms with E-state index in [9.17, 15) is 9.59 Å². The summed E-state index contributed by atoms with van der Waals surface area (Å²) in [5.74, 6) is 0.271. The molecule has 1 saturated heterocycles. The number of nitrogens with zero attached hydrogens (tertiary/aromatic N) is 3. The summed E-state index contributed by atoms with van der Waals surface area (Å²) in [6, 6.07) is 14.7. The van der Waals surface area contributed by atoms with Crippen molar-refractivity contribution in [2.75, 3.05) is 24.6 Å². The molecular formula is C30H34ClN3O3. The molecule has 6 nitrogen and oxygen atoms in total. The van der Waals surface area contributed by atoms with Crippen LogP contribution in [-0.2, 0) is 20.9 Å². The highest BCUT2D eigenvalue weighted by Gasteiger charge is 2.22. The maximum atomic E-state index is 12.2. The van der Waals surface area contributed by atoms with Crippen molar-refractivity contribution in [3.8, 4) is 0 Å². The number of ketones is 1. The number of carbonyl (C=O) groups is 2. The van der Waals surface area contributed by atoms with Gasteiger partial charge in [0.2, 0.25) is 0 Å². The van der Waals surface area contributed by atoms with Crippen molar-refractivity contribution < 1.29 is 14.3 Å². The SMILES string of the molecule is CCOC(=O)CCC(=O)CC1CCN(c2ccc(/C=C/c3cc(Cl)cc(Cn4ccnc4)c3)cc2)CC1. The van der Waals surface area contributed by atoms with Crippen LogP contribution in [0.25, 0.3) is 12.2 Å². The summed E-state index contributed by atoms with van der Waals surface area (Å²) in [7, 11) is 0. The number of benzene rings is 2. The number of rotatable bonds is 11. The second-order valence-corrected chi connectivity index (χ2v) is 9.97. The number of aromatic nitrogens is 2. The van der Waals surface area contributed by atoms with E-state index in [0.29, 0.717) is 18.9 Å². The molecule has 2 heterocycles. The number of carbonyl (C=O) groups excluding carboxylic acids is 2. The first-order valence-electron chi connectivity index (χ1n) is 12.9. The number of Topliss-reactive ketones (excluding diaryl/α,β-unsaturated/α-hetero) is 1. The molecule has 0 N–H and O–H groups in total. The molecule has 0 amide bonds. The zero-order chi connectivity index (χ0) is 26.0. The molecule has 0 bridgehead atoms. The zero-order valence-corrected chi connectivity index (χ0v) is 22.1. The lowest BCUT2D eigenvalue weighted by Gasteiger charge is -2.33. The Morgan fingerprint density at radius 1 is 1.05 bits per heavy atom. The van der Waals surface area contributed by atoms with Crippen LogP contribution >= 0.6 is 11.6 Å². The molecule has 4 rings (SSSR count). The van der Waals surface area contributed by atoms with Crippen molar-refractivity contribution in [2.24, 2.45) is 5.92 Å². The van der Waals surface area contributed by atoms with Crippen LogP contribution in [-0.4, -0.2) is 41.0 Å². The molecule has 0 saturated carbocycles. The van der Waals surface area contributed by atoms with E-state index in [0.717, 1.165) is 54.2 Å². The Labute approximate surface area is 223 Å². The average Bonchev–Trinajstić information content (AvgIpc) is 3.40. The highest BCUT2D eigenvalue weighted by atomic mass is 35.5. The minimum Gasteiger partial charge on any atom is -0.466 e. The van der Waals surface area contributed by atoms with Crippen LogP contribution in [0.1, 0.15) is 55.7 Å². The number of hydrogen-bond acceptors (Lipinski definition) is 5. The highest BCUT2D eigenvalue weighted by molar-refractivity contribution is 6.30. The van der Waals surface area contributed by atoms with Crippen molar-refractivity contribution in [3.05, 3.63) is 82.9 Å². The fourth-order valence-electron chi connectivity index (χ4n) is 4.74. The third-order valence-corrected chi connectivity index (χ3v) is 6.89. The smallest absolute Gasteiger partial charge is 0.306 e. The Bertz CT molecular complexity index is 1200. The molecule has 1 aromatic heterocycles. The van der Waals surface area contributed by atoms with Gasteiger partial charge in [-0.3, -0.25) is 9.59 Å². The normalized spacial score (nSPS) is 14.3. The van der Waals surface area contributed by atoms with Crippen molar-refractivity contribution in [3.63, 3.8) is 0 Å². The second kappa shape index (κ2) is 13.2. The van der Waals surface area contributed by atoms with E-state index in [1.165, 1.54) is 5.69 Å². The fraction of sp³-hybridized carbons (Fsp3) is 0.367. The second-order valence-electron chi connectivity index (χ2n) is 9.53. The van der Waals surface area contributed by atoms with Crippen LogP contribution in [0.4, 0.5) is 5.69 Å². The van der Waals surface area contributed by atoms with Gasteiger partial charge in [-0.2, -0.15) is 0 Å². The Morgan fingerprint density at radius 2 is 1.81 bits per heavy atom. The van der Waals surface area contributed by atoms with Crippen molar-refractivity contribution in [2.45, 2.75) is 45.6 Å². The number of hydrogen-bond donors (Lipinski definition) is 0. The Kier molecular flexibility index (Phi) is 9.55. The number of imidazole rings is 1. The van der Waals surface area contributed by atoms with Gasteiger partial charge in [0.15, 0.2) is 0 Å². The quantitative estimate of drug-likeness (QED) is 0.220. The molecule has 0 radical (unpaired) electrons. The van der Waals surface area contributed by atoms with E-state index >= 15 is 0 Å². The van der Waals surface area contributed by atoms with Crippen LogP contribution in [0.5, 0.6) is 0 Å². The van der Waals surface area contributed by atoms with Crippen LogP contribution in [0.15, 0.2) is 61.2 Å². The zero-order valence-electron chi connectivity index (χ0n) is 21.3. The maximum absolute atomic E-state index is 12.2. The monoisotopic (exact) mass is 519 g/mol. The Hall–Kier alpha value is -3.38. The van der Waals surface area contributed by atoms with E-state index in [1.807, 2.05) is 22.9 Å². The summed E-state index contributed by atoms with van der Waals surface area (Å²) in [5, 5.41) is 0.719. The molecule has 0 aliphatic carbocycles. The number of ether oxygens (including phenoxy) is 1. The van der Waals surface area contributed by atoms with Gasteiger partial charge in [0.1, 0.15) is 5.78 Å². The molecule has 37 heavy (non-hydrogen) atoms. The van der Waals surface area contributed by atoms with E-state index in [-0.39, 0.29) is 24.6 Å². The van der Waals surface area contributed by atoms with Gasteiger partial charge in [-0.05, 0) is 72.7 Å². The number of halogens is 1. The van der Waals surface area contributed by atoms with Gasteiger partial charge in [0.25, 0.3) is 0 Å². The van der Waals surface area contributed by atoms with E-state index in [2.05, 4.69) is 52.4 Å². The van der Waals surface area contributed by atoms with Crippen LogP contribution in [0.2, 0.25) is 5.02 Å². The minimum atomic E-state index is -0.285. The predicted octanol–water partition coefficient (Wildman–Crippen LogP) is 6.27. The van der Waals surface area contributed by atoms with Gasteiger partial charge in [-0.25, -0.2) is 4.98 Å². The minimum absolute atomic E-state index is 0.163. The lowest BCUT2D eigenvalue weighted by atomic mass is 9.90. The topological polar surface area (TPSA) is 64.4 Å². The summed E-state index contributed by atoms with van der Waals surface area (Å²) in [5.41, 5.74) is 4.52. The summed E-state index contributed by atoms with van der Waals surface area (Å²) in [6.45, 7) is 4.74. The summed E-state index contributed by atoms with van der Waals surface area (Å²) in [4.78, 5) is 30.2. The molecule has 1 fully saturated rings. The van der Waals surface area contributed by atoms with Crippen molar-refractivity contribution >= 4 is 41.2 Å². The third-order valence-electron chi connectivity index (χ3n) is 6.67. The van der Waals surface area contributed by atoms with E-state index in [1.54, 1.807) is 19.4 Å². The van der Waals surface area contributed by atoms with Gasteiger partial charge in [-0.15, -0.1) is 0 Å². The molecule has 2 aromatic carbocycles. The highest BCUT2D eigenvalue weighted by Crippen LogP contribution is 2.27. The van der Waals surface area contributed by atoms with Gasteiger partial charge in [0.05, 0.1) is 19.4 Å². The number of piperidine rings is 1. The number of esters is 1. The molecule has 194 valence electrons. The molecule has 0 spiro atoms. The van der Waals surface area contributed by atoms with E-state index < -0.39 is 0 Å². The standard InChI is InChI=1S/C30H34ClN3O3/c1-2-37-30(36)10-9-29(35)20-24-11-14-34(15-12-24)28-7-5-23(6-8-28)3-4-25-17-26(19-27(31)18-25)21-33-16-13-32-22-33/h3-8,13,16-19,22,24H,2,9-12,14-15,20-21H2,1H3/b4-3+. The summed E-state index contributed by atoms with van der Waals surface area (Å²) in [6.07, 6.45) is 12.7.